The Balaban J connectivity index is 2.57. The molecule has 1 aromatic carbocycles. The Bertz CT molecular complexity index is 342. The minimum Gasteiger partial charge on any atom is -0.308 e. The van der Waals surface area contributed by atoms with Crippen LogP contribution >= 0.6 is 23.2 Å². The van der Waals surface area contributed by atoms with Crippen LogP contribution in [0.1, 0.15) is 19.4 Å². The molecule has 0 aliphatic rings. The van der Waals surface area contributed by atoms with Crippen molar-refractivity contribution in [2.24, 2.45) is 5.92 Å². The Morgan fingerprint density at radius 1 is 1.38 bits per heavy atom. The van der Waals surface area contributed by atoms with Gasteiger partial charge in [-0.2, -0.15) is 0 Å². The third-order valence-electron chi connectivity index (χ3n) is 2.52. The zero-order valence-corrected chi connectivity index (χ0v) is 10.9. The number of halogens is 3. The highest BCUT2D eigenvalue weighted by Crippen LogP contribution is 2.15. The van der Waals surface area contributed by atoms with E-state index in [2.05, 4.69) is 19.2 Å². The molecule has 16 heavy (non-hydrogen) atoms. The molecule has 0 aliphatic carbocycles. The molecule has 0 heterocycles. The van der Waals surface area contributed by atoms with Gasteiger partial charge in [-0.3, -0.25) is 0 Å². The van der Waals surface area contributed by atoms with Crippen molar-refractivity contribution in [2.75, 3.05) is 5.88 Å². The lowest BCUT2D eigenvalue weighted by Crippen LogP contribution is -2.34. The smallest absolute Gasteiger partial charge is 0.142 e. The van der Waals surface area contributed by atoms with E-state index in [0.29, 0.717) is 18.3 Å². The average molecular weight is 264 g/mol. The normalized spacial score (nSPS) is 13.1. The molecule has 0 radical (unpaired) electrons. The quantitative estimate of drug-likeness (QED) is 0.797. The van der Waals surface area contributed by atoms with Crippen LogP contribution in [0.2, 0.25) is 5.02 Å². The number of hydrogen-bond donors (Lipinski definition) is 1. The summed E-state index contributed by atoms with van der Waals surface area (Å²) in [7, 11) is 0. The van der Waals surface area contributed by atoms with Gasteiger partial charge in [0.2, 0.25) is 0 Å². The molecular formula is C12H16Cl2FN. The van der Waals surface area contributed by atoms with Gasteiger partial charge in [-0.1, -0.05) is 31.5 Å². The second-order valence-electron chi connectivity index (χ2n) is 4.13. The third-order valence-corrected chi connectivity index (χ3v) is 3.16. The average Bonchev–Trinajstić information content (AvgIpc) is 2.23. The summed E-state index contributed by atoms with van der Waals surface area (Å²) >= 11 is 11.4. The molecule has 0 saturated heterocycles. The van der Waals surface area contributed by atoms with Crippen LogP contribution in [0, 0.1) is 11.7 Å². The Hall–Kier alpha value is -0.310. The molecule has 1 atom stereocenters. The molecule has 1 rings (SSSR count). The topological polar surface area (TPSA) is 12.0 Å². The van der Waals surface area contributed by atoms with Crippen molar-refractivity contribution >= 4 is 23.2 Å². The van der Waals surface area contributed by atoms with Crippen molar-refractivity contribution in [2.45, 2.75) is 26.4 Å². The van der Waals surface area contributed by atoms with Gasteiger partial charge in [-0.15, -0.1) is 11.6 Å². The number of benzene rings is 1. The molecule has 1 aromatic rings. The monoisotopic (exact) mass is 263 g/mol. The van der Waals surface area contributed by atoms with E-state index in [-0.39, 0.29) is 16.9 Å². The molecule has 0 fully saturated rings. The van der Waals surface area contributed by atoms with Crippen molar-refractivity contribution in [1.29, 1.82) is 0 Å². The van der Waals surface area contributed by atoms with E-state index in [1.54, 1.807) is 6.07 Å². The molecule has 0 aromatic heterocycles. The first-order valence-corrected chi connectivity index (χ1v) is 6.19. The van der Waals surface area contributed by atoms with Crippen molar-refractivity contribution < 1.29 is 4.39 Å². The molecule has 90 valence electrons. The third kappa shape index (κ3) is 3.93. The van der Waals surface area contributed by atoms with Crippen LogP contribution in [-0.2, 0) is 6.54 Å². The molecule has 1 nitrogen and oxygen atoms in total. The van der Waals surface area contributed by atoms with E-state index in [1.807, 2.05) is 6.07 Å². The molecule has 0 bridgehead atoms. The van der Waals surface area contributed by atoms with Crippen LogP contribution < -0.4 is 5.32 Å². The Labute approximate surface area is 106 Å². The summed E-state index contributed by atoms with van der Waals surface area (Å²) in [5.74, 6) is 0.621. The van der Waals surface area contributed by atoms with Crippen molar-refractivity contribution in [3.8, 4) is 0 Å². The van der Waals surface area contributed by atoms with Gasteiger partial charge in [0.15, 0.2) is 0 Å². The maximum atomic E-state index is 13.2. The first-order valence-electron chi connectivity index (χ1n) is 5.28. The van der Waals surface area contributed by atoms with Gasteiger partial charge in [-0.25, -0.2) is 4.39 Å². The number of nitrogens with one attached hydrogen (secondary N) is 1. The van der Waals surface area contributed by atoms with Crippen LogP contribution in [0.4, 0.5) is 4.39 Å². The Kier molecular flexibility index (Phi) is 5.53. The fourth-order valence-electron chi connectivity index (χ4n) is 1.37. The second-order valence-corrected chi connectivity index (χ2v) is 4.85. The molecule has 1 N–H and O–H groups in total. The van der Waals surface area contributed by atoms with E-state index < -0.39 is 0 Å². The minimum absolute atomic E-state index is 0.154. The number of alkyl halides is 1. The van der Waals surface area contributed by atoms with Crippen LogP contribution in [0.3, 0.4) is 0 Å². The lowest BCUT2D eigenvalue weighted by Gasteiger charge is -2.19. The van der Waals surface area contributed by atoms with Crippen LogP contribution in [0.25, 0.3) is 0 Å². The van der Waals surface area contributed by atoms with Gasteiger partial charge < -0.3 is 5.32 Å². The van der Waals surface area contributed by atoms with Crippen molar-refractivity contribution in [3.63, 3.8) is 0 Å². The number of rotatable bonds is 5. The van der Waals surface area contributed by atoms with E-state index in [4.69, 9.17) is 23.2 Å². The minimum atomic E-state index is -0.382. The van der Waals surface area contributed by atoms with E-state index in [0.717, 1.165) is 5.56 Å². The fraction of sp³-hybridized carbons (Fsp3) is 0.500. The highest BCUT2D eigenvalue weighted by Gasteiger charge is 2.11. The largest absolute Gasteiger partial charge is 0.308 e. The molecule has 0 aliphatic heterocycles. The summed E-state index contributed by atoms with van der Waals surface area (Å²) in [5, 5.41) is 3.44. The molecule has 1 unspecified atom stereocenters. The standard InChI is InChI=1S/C12H16Cl2FN/c1-8(2)12(6-13)16-7-9-3-4-10(14)11(15)5-9/h3-5,8,12,16H,6-7H2,1-2H3. The van der Waals surface area contributed by atoms with Crippen LogP contribution in [-0.4, -0.2) is 11.9 Å². The predicted molar refractivity (Wildman–Crippen MR) is 67.6 cm³/mol. The molecule has 0 amide bonds. The molecular weight excluding hydrogens is 248 g/mol. The fourth-order valence-corrected chi connectivity index (χ4v) is 1.95. The van der Waals surface area contributed by atoms with Gasteiger partial charge in [0, 0.05) is 18.5 Å². The first kappa shape index (κ1) is 13.8. The lowest BCUT2D eigenvalue weighted by molar-refractivity contribution is 0.430. The zero-order valence-electron chi connectivity index (χ0n) is 9.43. The Morgan fingerprint density at radius 3 is 2.56 bits per heavy atom. The maximum Gasteiger partial charge on any atom is 0.142 e. The SMILES string of the molecule is CC(C)C(CCl)NCc1ccc(Cl)c(F)c1. The van der Waals surface area contributed by atoms with Gasteiger partial charge in [-0.05, 0) is 23.6 Å². The van der Waals surface area contributed by atoms with Gasteiger partial charge in [0.25, 0.3) is 0 Å². The lowest BCUT2D eigenvalue weighted by atomic mass is 10.1. The van der Waals surface area contributed by atoms with Gasteiger partial charge >= 0.3 is 0 Å². The highest BCUT2D eigenvalue weighted by atomic mass is 35.5. The molecule has 0 spiro atoms. The summed E-state index contributed by atoms with van der Waals surface area (Å²) in [5.41, 5.74) is 0.873. The van der Waals surface area contributed by atoms with E-state index in [1.165, 1.54) is 6.07 Å². The van der Waals surface area contributed by atoms with Crippen LogP contribution in [0.15, 0.2) is 18.2 Å². The molecule has 0 saturated carbocycles. The second kappa shape index (κ2) is 6.43. The zero-order chi connectivity index (χ0) is 12.1. The maximum absolute atomic E-state index is 13.2. The predicted octanol–water partition coefficient (Wildman–Crippen LogP) is 3.83. The van der Waals surface area contributed by atoms with Crippen LogP contribution in [0.5, 0.6) is 0 Å². The van der Waals surface area contributed by atoms with Gasteiger partial charge in [0.1, 0.15) is 5.82 Å². The first-order chi connectivity index (χ1) is 7.54. The van der Waals surface area contributed by atoms with Crippen molar-refractivity contribution in [3.05, 3.63) is 34.6 Å². The summed E-state index contributed by atoms with van der Waals surface area (Å²) in [6.45, 7) is 4.80. The van der Waals surface area contributed by atoms with Gasteiger partial charge in [0.05, 0.1) is 5.02 Å². The molecule has 4 heteroatoms. The summed E-state index contributed by atoms with van der Waals surface area (Å²) < 4.78 is 13.2. The number of hydrogen-bond acceptors (Lipinski definition) is 1. The van der Waals surface area contributed by atoms with Crippen molar-refractivity contribution in [1.82, 2.24) is 5.32 Å². The van der Waals surface area contributed by atoms with E-state index >= 15 is 0 Å². The summed E-state index contributed by atoms with van der Waals surface area (Å²) in [4.78, 5) is 0. The van der Waals surface area contributed by atoms with E-state index in [9.17, 15) is 4.39 Å². The summed E-state index contributed by atoms with van der Waals surface area (Å²) in [6.07, 6.45) is 0. The Morgan fingerprint density at radius 2 is 2.06 bits per heavy atom. The highest BCUT2D eigenvalue weighted by molar-refractivity contribution is 6.30. The summed E-state index contributed by atoms with van der Waals surface area (Å²) in [6, 6.07) is 5.06.